The second kappa shape index (κ2) is 8.45. The molecule has 0 fully saturated rings. The van der Waals surface area contributed by atoms with E-state index >= 15 is 0 Å². The molecule has 1 aromatic heterocycles. The number of rotatable bonds is 6. The highest BCUT2D eigenvalue weighted by Crippen LogP contribution is 2.18. The number of benzene rings is 1. The largest absolute Gasteiger partial charge is 0.336 e. The number of carbonyl (C=O) groups excluding carboxylic acids is 1. The van der Waals surface area contributed by atoms with E-state index in [1.54, 1.807) is 18.1 Å². The summed E-state index contributed by atoms with van der Waals surface area (Å²) in [6, 6.07) is 14.2. The molecular formula is C19H26N4O. The van der Waals surface area contributed by atoms with Gasteiger partial charge >= 0.3 is 6.03 Å². The molecule has 0 bridgehead atoms. The van der Waals surface area contributed by atoms with Crippen LogP contribution < -0.4 is 5.32 Å². The summed E-state index contributed by atoms with van der Waals surface area (Å²) in [6.07, 6.45) is 1.74. The molecule has 2 rings (SSSR count). The fourth-order valence-electron chi connectivity index (χ4n) is 2.51. The molecule has 1 atom stereocenters. The first kappa shape index (κ1) is 17.9. The van der Waals surface area contributed by atoms with E-state index in [-0.39, 0.29) is 12.1 Å². The zero-order valence-electron chi connectivity index (χ0n) is 14.9. The number of aryl methyl sites for hydroxylation is 1. The smallest absolute Gasteiger partial charge is 0.317 e. The molecule has 24 heavy (non-hydrogen) atoms. The van der Waals surface area contributed by atoms with E-state index in [2.05, 4.69) is 46.4 Å². The lowest BCUT2D eigenvalue weighted by molar-refractivity contribution is 0.200. The van der Waals surface area contributed by atoms with Crippen LogP contribution in [0.5, 0.6) is 0 Å². The first-order valence-electron chi connectivity index (χ1n) is 8.09. The van der Waals surface area contributed by atoms with Crippen molar-refractivity contribution < 1.29 is 4.79 Å². The Labute approximate surface area is 144 Å². The average Bonchev–Trinajstić information content (AvgIpc) is 2.57. The van der Waals surface area contributed by atoms with Crippen molar-refractivity contribution in [3.05, 3.63) is 65.5 Å². The second-order valence-corrected chi connectivity index (χ2v) is 6.25. The van der Waals surface area contributed by atoms with E-state index < -0.39 is 0 Å². The fraction of sp³-hybridized carbons (Fsp3) is 0.368. The molecule has 0 saturated carbocycles. The molecule has 2 aromatic rings. The number of urea groups is 1. The van der Waals surface area contributed by atoms with Gasteiger partial charge in [-0.3, -0.25) is 4.98 Å². The van der Waals surface area contributed by atoms with E-state index in [9.17, 15) is 4.79 Å². The number of aromatic nitrogens is 1. The van der Waals surface area contributed by atoms with Crippen LogP contribution in [-0.2, 0) is 6.54 Å². The number of nitrogens with zero attached hydrogens (tertiary/aromatic N) is 3. The zero-order valence-corrected chi connectivity index (χ0v) is 14.9. The van der Waals surface area contributed by atoms with Crippen molar-refractivity contribution in [2.24, 2.45) is 0 Å². The van der Waals surface area contributed by atoms with Crippen LogP contribution in [-0.4, -0.2) is 48.5 Å². The van der Waals surface area contributed by atoms with Crippen molar-refractivity contribution >= 4 is 6.03 Å². The molecule has 5 heteroatoms. The summed E-state index contributed by atoms with van der Waals surface area (Å²) in [7, 11) is 5.82. The molecule has 1 heterocycles. The van der Waals surface area contributed by atoms with Crippen LogP contribution in [0, 0.1) is 6.92 Å². The Hall–Kier alpha value is -2.40. The third kappa shape index (κ3) is 5.06. The monoisotopic (exact) mass is 326 g/mol. The fourth-order valence-corrected chi connectivity index (χ4v) is 2.51. The van der Waals surface area contributed by atoms with Crippen LogP contribution >= 0.6 is 0 Å². The van der Waals surface area contributed by atoms with E-state index in [0.717, 1.165) is 5.69 Å². The third-order valence-electron chi connectivity index (χ3n) is 4.00. The van der Waals surface area contributed by atoms with Crippen LogP contribution in [0.1, 0.15) is 22.9 Å². The zero-order chi connectivity index (χ0) is 17.5. The highest BCUT2D eigenvalue weighted by atomic mass is 16.2. The van der Waals surface area contributed by atoms with Gasteiger partial charge in [0.05, 0.1) is 18.3 Å². The van der Waals surface area contributed by atoms with E-state index in [4.69, 9.17) is 0 Å². The number of amides is 2. The van der Waals surface area contributed by atoms with Gasteiger partial charge in [-0.05, 0) is 38.7 Å². The Morgan fingerprint density at radius 2 is 1.83 bits per heavy atom. The molecule has 1 unspecified atom stereocenters. The van der Waals surface area contributed by atoms with Crippen molar-refractivity contribution in [2.45, 2.75) is 19.5 Å². The number of carbonyl (C=O) groups is 1. The van der Waals surface area contributed by atoms with Crippen molar-refractivity contribution in [1.29, 1.82) is 0 Å². The highest BCUT2D eigenvalue weighted by molar-refractivity contribution is 5.73. The number of pyridine rings is 1. The minimum Gasteiger partial charge on any atom is -0.336 e. The lowest BCUT2D eigenvalue weighted by Crippen LogP contribution is -2.41. The van der Waals surface area contributed by atoms with Crippen molar-refractivity contribution in [3.63, 3.8) is 0 Å². The van der Waals surface area contributed by atoms with Crippen molar-refractivity contribution in [1.82, 2.24) is 20.1 Å². The summed E-state index contributed by atoms with van der Waals surface area (Å²) >= 11 is 0. The van der Waals surface area contributed by atoms with E-state index in [1.807, 2.05) is 32.3 Å². The highest BCUT2D eigenvalue weighted by Gasteiger charge is 2.17. The summed E-state index contributed by atoms with van der Waals surface area (Å²) in [5.41, 5.74) is 3.30. The Bertz CT molecular complexity index is 640. The third-order valence-corrected chi connectivity index (χ3v) is 4.00. The molecule has 0 spiro atoms. The first-order chi connectivity index (χ1) is 11.5. The maximum atomic E-state index is 12.3. The molecule has 2 amide bonds. The van der Waals surface area contributed by atoms with Crippen molar-refractivity contribution in [2.75, 3.05) is 27.7 Å². The van der Waals surface area contributed by atoms with Gasteiger partial charge in [-0.2, -0.15) is 0 Å². The van der Waals surface area contributed by atoms with Crippen molar-refractivity contribution in [3.8, 4) is 0 Å². The summed E-state index contributed by atoms with van der Waals surface area (Å²) in [5.74, 6) is 0. The maximum absolute atomic E-state index is 12.3. The predicted octanol–water partition coefficient (Wildman–Crippen LogP) is 2.83. The van der Waals surface area contributed by atoms with Gasteiger partial charge in [-0.1, -0.05) is 35.9 Å². The molecule has 0 saturated heterocycles. The molecular weight excluding hydrogens is 300 g/mol. The van der Waals surface area contributed by atoms with Crippen LogP contribution in [0.3, 0.4) is 0 Å². The molecule has 0 aliphatic heterocycles. The Kier molecular flexibility index (Phi) is 6.32. The number of hydrogen-bond acceptors (Lipinski definition) is 3. The summed E-state index contributed by atoms with van der Waals surface area (Å²) in [4.78, 5) is 20.3. The molecule has 128 valence electrons. The summed E-state index contributed by atoms with van der Waals surface area (Å²) < 4.78 is 0. The van der Waals surface area contributed by atoms with Gasteiger partial charge in [0.15, 0.2) is 0 Å². The van der Waals surface area contributed by atoms with Gasteiger partial charge in [0.1, 0.15) is 0 Å². The second-order valence-electron chi connectivity index (χ2n) is 6.25. The van der Waals surface area contributed by atoms with E-state index in [1.165, 1.54) is 11.1 Å². The molecule has 0 aliphatic rings. The topological polar surface area (TPSA) is 48.5 Å². The predicted molar refractivity (Wildman–Crippen MR) is 96.7 cm³/mol. The Morgan fingerprint density at radius 3 is 2.42 bits per heavy atom. The van der Waals surface area contributed by atoms with Gasteiger partial charge in [-0.15, -0.1) is 0 Å². The minimum absolute atomic E-state index is 0.0976. The SMILES string of the molecule is Cc1ccc(C(CNC(=O)N(C)Cc2ccccn2)N(C)C)cc1. The van der Waals surface area contributed by atoms with Gasteiger partial charge in [0, 0.05) is 19.8 Å². The standard InChI is InChI=1S/C19H26N4O/c1-15-8-10-16(11-9-15)18(22(2)3)13-21-19(24)23(4)14-17-7-5-6-12-20-17/h5-12,18H,13-14H2,1-4H3,(H,21,24). The first-order valence-corrected chi connectivity index (χ1v) is 8.09. The quantitative estimate of drug-likeness (QED) is 0.888. The normalized spacial score (nSPS) is 12.0. The molecule has 0 radical (unpaired) electrons. The van der Waals surface area contributed by atoms with Crippen LogP contribution in [0.15, 0.2) is 48.7 Å². The Morgan fingerprint density at radius 1 is 1.12 bits per heavy atom. The lowest BCUT2D eigenvalue weighted by Gasteiger charge is -2.26. The van der Waals surface area contributed by atoms with Gasteiger partial charge in [-0.25, -0.2) is 4.79 Å². The average molecular weight is 326 g/mol. The molecule has 1 aromatic carbocycles. The Balaban J connectivity index is 1.93. The van der Waals surface area contributed by atoms with Crippen LogP contribution in [0.4, 0.5) is 4.79 Å². The lowest BCUT2D eigenvalue weighted by atomic mass is 10.0. The molecule has 5 nitrogen and oxygen atoms in total. The maximum Gasteiger partial charge on any atom is 0.317 e. The van der Waals surface area contributed by atoms with Gasteiger partial charge in [0.2, 0.25) is 0 Å². The van der Waals surface area contributed by atoms with Crippen LogP contribution in [0.25, 0.3) is 0 Å². The van der Waals surface area contributed by atoms with Gasteiger partial charge < -0.3 is 15.1 Å². The minimum atomic E-state index is -0.0976. The number of likely N-dealkylation sites (N-methyl/N-ethyl adjacent to an activating group) is 1. The molecule has 1 N–H and O–H groups in total. The molecule has 0 aliphatic carbocycles. The van der Waals surface area contributed by atoms with Gasteiger partial charge in [0.25, 0.3) is 0 Å². The number of hydrogen-bond donors (Lipinski definition) is 1. The summed E-state index contributed by atoms with van der Waals surface area (Å²) in [5, 5.41) is 3.01. The van der Waals surface area contributed by atoms with Crippen LogP contribution in [0.2, 0.25) is 0 Å². The van der Waals surface area contributed by atoms with E-state index in [0.29, 0.717) is 13.1 Å². The summed E-state index contributed by atoms with van der Waals surface area (Å²) in [6.45, 7) is 3.12. The number of nitrogens with one attached hydrogen (secondary N) is 1.